The van der Waals surface area contributed by atoms with Crippen LogP contribution in [0.4, 0.5) is 10.1 Å². The highest BCUT2D eigenvalue weighted by atomic mass is 32.2. The van der Waals surface area contributed by atoms with Crippen LogP contribution < -0.4 is 5.32 Å². The molecule has 0 saturated heterocycles. The number of nitrogens with one attached hydrogen (secondary N) is 1. The minimum absolute atomic E-state index is 0.222. The van der Waals surface area contributed by atoms with Gasteiger partial charge < -0.3 is 9.73 Å². The Bertz CT molecular complexity index is 416. The molecule has 0 amide bonds. The maximum atomic E-state index is 12.6. The van der Waals surface area contributed by atoms with Gasteiger partial charge in [0.05, 0.1) is 6.20 Å². The minimum atomic E-state index is -0.222. The zero-order valence-electron chi connectivity index (χ0n) is 8.52. The van der Waals surface area contributed by atoms with Gasteiger partial charge in [0.1, 0.15) is 12.1 Å². The molecular formula is C11H11FN2OS. The molecule has 0 aliphatic heterocycles. The van der Waals surface area contributed by atoms with Crippen molar-refractivity contribution < 1.29 is 8.81 Å². The standard InChI is InChI=1S/C11H11FN2OS/c12-9-1-3-10(4-2-9)13-6-8-16-11-14-5-7-15-11/h1-5,7,13H,6,8H2. The molecule has 3 nitrogen and oxygen atoms in total. The summed E-state index contributed by atoms with van der Waals surface area (Å²) < 4.78 is 17.7. The summed E-state index contributed by atoms with van der Waals surface area (Å²) in [5, 5.41) is 3.84. The summed E-state index contributed by atoms with van der Waals surface area (Å²) in [7, 11) is 0. The van der Waals surface area contributed by atoms with Crippen molar-refractivity contribution in [3.8, 4) is 0 Å². The zero-order valence-corrected chi connectivity index (χ0v) is 9.34. The molecule has 84 valence electrons. The van der Waals surface area contributed by atoms with Crippen LogP contribution in [0.1, 0.15) is 0 Å². The number of oxazole rings is 1. The first kappa shape index (κ1) is 11.0. The average Bonchev–Trinajstić information content (AvgIpc) is 2.80. The summed E-state index contributed by atoms with van der Waals surface area (Å²) in [6.45, 7) is 0.776. The van der Waals surface area contributed by atoms with E-state index in [2.05, 4.69) is 10.3 Å². The van der Waals surface area contributed by atoms with Gasteiger partial charge in [-0.05, 0) is 24.3 Å². The van der Waals surface area contributed by atoms with Crippen molar-refractivity contribution in [2.75, 3.05) is 17.6 Å². The molecule has 5 heteroatoms. The van der Waals surface area contributed by atoms with Crippen molar-refractivity contribution in [3.63, 3.8) is 0 Å². The van der Waals surface area contributed by atoms with Gasteiger partial charge >= 0.3 is 0 Å². The number of halogens is 1. The molecule has 0 unspecified atom stereocenters. The van der Waals surface area contributed by atoms with E-state index in [9.17, 15) is 4.39 Å². The van der Waals surface area contributed by atoms with Gasteiger partial charge in [-0.15, -0.1) is 0 Å². The lowest BCUT2D eigenvalue weighted by Gasteiger charge is -2.04. The van der Waals surface area contributed by atoms with Crippen LogP contribution in [0.15, 0.2) is 46.4 Å². The lowest BCUT2D eigenvalue weighted by Crippen LogP contribution is -2.03. The van der Waals surface area contributed by atoms with Gasteiger partial charge in [-0.3, -0.25) is 0 Å². The van der Waals surface area contributed by atoms with Gasteiger partial charge in [0, 0.05) is 18.0 Å². The van der Waals surface area contributed by atoms with Crippen molar-refractivity contribution in [3.05, 3.63) is 42.5 Å². The largest absolute Gasteiger partial charge is 0.440 e. The maximum Gasteiger partial charge on any atom is 0.255 e. The Hall–Kier alpha value is -1.49. The molecule has 1 aromatic heterocycles. The van der Waals surface area contributed by atoms with E-state index >= 15 is 0 Å². The molecule has 1 aromatic carbocycles. The predicted molar refractivity (Wildman–Crippen MR) is 62.1 cm³/mol. The van der Waals surface area contributed by atoms with Gasteiger partial charge in [-0.1, -0.05) is 11.8 Å². The highest BCUT2D eigenvalue weighted by Crippen LogP contribution is 2.14. The summed E-state index contributed by atoms with van der Waals surface area (Å²) in [5.41, 5.74) is 0.911. The number of benzene rings is 1. The van der Waals surface area contributed by atoms with E-state index in [1.165, 1.54) is 23.9 Å². The fraction of sp³-hybridized carbons (Fsp3) is 0.182. The Balaban J connectivity index is 1.70. The molecule has 0 radical (unpaired) electrons. The van der Waals surface area contributed by atoms with Gasteiger partial charge in [-0.25, -0.2) is 9.37 Å². The second-order valence-corrected chi connectivity index (χ2v) is 4.13. The summed E-state index contributed by atoms with van der Waals surface area (Å²) in [6.07, 6.45) is 3.17. The Labute approximate surface area is 97.1 Å². The van der Waals surface area contributed by atoms with Crippen LogP contribution in [0.25, 0.3) is 0 Å². The quantitative estimate of drug-likeness (QED) is 0.642. The number of anilines is 1. The van der Waals surface area contributed by atoms with Crippen LogP contribution >= 0.6 is 11.8 Å². The van der Waals surface area contributed by atoms with E-state index < -0.39 is 0 Å². The zero-order chi connectivity index (χ0) is 11.2. The molecule has 0 fully saturated rings. The molecule has 0 aliphatic rings. The van der Waals surface area contributed by atoms with Crippen molar-refractivity contribution in [1.82, 2.24) is 4.98 Å². The van der Waals surface area contributed by atoms with E-state index in [0.29, 0.717) is 5.22 Å². The van der Waals surface area contributed by atoms with E-state index in [4.69, 9.17) is 4.42 Å². The van der Waals surface area contributed by atoms with Gasteiger partial charge in [0.25, 0.3) is 5.22 Å². The fourth-order valence-corrected chi connectivity index (χ4v) is 1.82. The van der Waals surface area contributed by atoms with Crippen molar-refractivity contribution >= 4 is 17.4 Å². The molecule has 0 spiro atoms. The second-order valence-electron chi connectivity index (χ2n) is 3.08. The molecule has 16 heavy (non-hydrogen) atoms. The lowest BCUT2D eigenvalue weighted by atomic mass is 10.3. The topological polar surface area (TPSA) is 38.1 Å². The first-order chi connectivity index (χ1) is 7.84. The number of aromatic nitrogens is 1. The number of nitrogens with zero attached hydrogens (tertiary/aromatic N) is 1. The molecule has 0 atom stereocenters. The monoisotopic (exact) mass is 238 g/mol. The molecule has 0 saturated carbocycles. The third kappa shape index (κ3) is 3.27. The predicted octanol–water partition coefficient (Wildman–Crippen LogP) is 3.02. The Kier molecular flexibility index (Phi) is 3.82. The summed E-state index contributed by atoms with van der Waals surface area (Å²) in [4.78, 5) is 3.99. The Morgan fingerprint density at radius 3 is 2.81 bits per heavy atom. The van der Waals surface area contributed by atoms with E-state index in [-0.39, 0.29) is 5.82 Å². The first-order valence-corrected chi connectivity index (χ1v) is 5.85. The normalized spacial score (nSPS) is 10.3. The van der Waals surface area contributed by atoms with E-state index in [0.717, 1.165) is 18.0 Å². The number of hydrogen-bond donors (Lipinski definition) is 1. The number of thioether (sulfide) groups is 1. The van der Waals surface area contributed by atoms with Crippen LogP contribution in [0, 0.1) is 5.82 Å². The summed E-state index contributed by atoms with van der Waals surface area (Å²) in [6, 6.07) is 6.30. The summed E-state index contributed by atoms with van der Waals surface area (Å²) >= 11 is 1.54. The first-order valence-electron chi connectivity index (χ1n) is 4.86. The van der Waals surface area contributed by atoms with Crippen molar-refractivity contribution in [1.29, 1.82) is 0 Å². The van der Waals surface area contributed by atoms with Gasteiger partial charge in [0.2, 0.25) is 0 Å². The number of hydrogen-bond acceptors (Lipinski definition) is 4. The lowest BCUT2D eigenvalue weighted by molar-refractivity contribution is 0.454. The third-order valence-corrected chi connectivity index (χ3v) is 2.77. The Morgan fingerprint density at radius 2 is 2.12 bits per heavy atom. The Morgan fingerprint density at radius 1 is 1.31 bits per heavy atom. The maximum absolute atomic E-state index is 12.6. The molecule has 0 bridgehead atoms. The molecule has 2 aromatic rings. The minimum Gasteiger partial charge on any atom is -0.440 e. The second kappa shape index (κ2) is 5.55. The molecular weight excluding hydrogens is 227 g/mol. The highest BCUT2D eigenvalue weighted by Gasteiger charge is 1.97. The fourth-order valence-electron chi connectivity index (χ4n) is 1.18. The summed E-state index contributed by atoms with van der Waals surface area (Å²) in [5.74, 6) is 0.623. The van der Waals surface area contributed by atoms with Crippen LogP contribution in [0.3, 0.4) is 0 Å². The molecule has 0 aliphatic carbocycles. The van der Waals surface area contributed by atoms with E-state index in [1.807, 2.05) is 0 Å². The van der Waals surface area contributed by atoms with Crippen molar-refractivity contribution in [2.45, 2.75) is 5.22 Å². The third-order valence-electron chi connectivity index (χ3n) is 1.91. The van der Waals surface area contributed by atoms with Crippen LogP contribution in [0.5, 0.6) is 0 Å². The molecule has 2 rings (SSSR count). The highest BCUT2D eigenvalue weighted by molar-refractivity contribution is 7.99. The number of rotatable bonds is 5. The van der Waals surface area contributed by atoms with Crippen LogP contribution in [-0.4, -0.2) is 17.3 Å². The average molecular weight is 238 g/mol. The molecule has 1 N–H and O–H groups in total. The smallest absolute Gasteiger partial charge is 0.255 e. The molecule has 1 heterocycles. The van der Waals surface area contributed by atoms with E-state index in [1.54, 1.807) is 24.6 Å². The SMILES string of the molecule is Fc1ccc(NCCSc2ncco2)cc1. The van der Waals surface area contributed by atoms with Crippen LogP contribution in [-0.2, 0) is 0 Å². The van der Waals surface area contributed by atoms with Crippen LogP contribution in [0.2, 0.25) is 0 Å². The van der Waals surface area contributed by atoms with Gasteiger partial charge in [0.15, 0.2) is 0 Å². The van der Waals surface area contributed by atoms with Crippen molar-refractivity contribution in [2.24, 2.45) is 0 Å². The van der Waals surface area contributed by atoms with Gasteiger partial charge in [-0.2, -0.15) is 0 Å².